The van der Waals surface area contributed by atoms with Crippen LogP contribution in [0.4, 0.5) is 4.39 Å². The maximum absolute atomic E-state index is 13.4. The molecule has 0 spiro atoms. The van der Waals surface area contributed by atoms with Crippen molar-refractivity contribution in [1.29, 1.82) is 10.5 Å². The van der Waals surface area contributed by atoms with Crippen molar-refractivity contribution >= 4 is 11.8 Å². The van der Waals surface area contributed by atoms with Crippen LogP contribution < -0.4 is 0 Å². The molecule has 5 heteroatoms. The van der Waals surface area contributed by atoms with E-state index >= 15 is 0 Å². The number of hydrogen-bond acceptors (Lipinski definition) is 4. The van der Waals surface area contributed by atoms with Gasteiger partial charge in [-0.1, -0.05) is 0 Å². The second kappa shape index (κ2) is 6.26. The van der Waals surface area contributed by atoms with E-state index in [0.717, 1.165) is 31.5 Å². The molecule has 1 aromatic carbocycles. The van der Waals surface area contributed by atoms with Crippen LogP contribution in [0.25, 0.3) is 0 Å². The summed E-state index contributed by atoms with van der Waals surface area (Å²) in [6.07, 6.45) is 3.63. The molecule has 1 saturated heterocycles. The number of thioether (sulfide) groups is 1. The summed E-state index contributed by atoms with van der Waals surface area (Å²) in [5.74, 6) is -0.369. The van der Waals surface area contributed by atoms with E-state index in [1.54, 1.807) is 17.8 Å². The smallest absolute Gasteiger partial charge is 0.124 e. The van der Waals surface area contributed by atoms with Crippen LogP contribution >= 0.6 is 11.8 Å². The molecule has 1 heterocycles. The van der Waals surface area contributed by atoms with E-state index in [1.807, 2.05) is 12.3 Å². The highest BCUT2D eigenvalue weighted by Gasteiger charge is 2.33. The molecule has 0 aliphatic carbocycles. The van der Waals surface area contributed by atoms with Gasteiger partial charge in [0.05, 0.1) is 17.7 Å². The zero-order chi connectivity index (χ0) is 14.6. The minimum absolute atomic E-state index is 0.268. The van der Waals surface area contributed by atoms with E-state index in [1.165, 1.54) is 12.1 Å². The predicted molar refractivity (Wildman–Crippen MR) is 77.5 cm³/mol. The van der Waals surface area contributed by atoms with Crippen LogP contribution in [0.1, 0.15) is 24.0 Å². The van der Waals surface area contributed by atoms with Crippen LogP contribution in [0.5, 0.6) is 0 Å². The Labute approximate surface area is 123 Å². The SMILES string of the molecule is CSC1(C#N)CCN(Cc2cc(F)cc(C#N)c2)CC1. The van der Waals surface area contributed by atoms with Gasteiger partial charge in [-0.05, 0) is 42.9 Å². The molecule has 0 unspecified atom stereocenters. The number of hydrogen-bond donors (Lipinski definition) is 0. The summed E-state index contributed by atoms with van der Waals surface area (Å²) in [5.41, 5.74) is 1.17. The van der Waals surface area contributed by atoms with Crippen molar-refractivity contribution in [1.82, 2.24) is 4.90 Å². The third-order valence-electron chi connectivity index (χ3n) is 3.75. The Morgan fingerprint density at radius 3 is 2.55 bits per heavy atom. The molecular formula is C15H16FN3S. The van der Waals surface area contributed by atoms with E-state index in [-0.39, 0.29) is 10.6 Å². The van der Waals surface area contributed by atoms with Crippen LogP contribution in [0.2, 0.25) is 0 Å². The topological polar surface area (TPSA) is 50.8 Å². The second-order valence-corrected chi connectivity index (χ2v) is 6.24. The first-order valence-corrected chi connectivity index (χ1v) is 7.71. The van der Waals surface area contributed by atoms with Gasteiger partial charge in [0.2, 0.25) is 0 Å². The van der Waals surface area contributed by atoms with Crippen LogP contribution in [0.15, 0.2) is 18.2 Å². The van der Waals surface area contributed by atoms with Crippen LogP contribution in [0, 0.1) is 28.5 Å². The van der Waals surface area contributed by atoms with Gasteiger partial charge in [-0.25, -0.2) is 4.39 Å². The molecule has 1 aliphatic rings. The fraction of sp³-hybridized carbons (Fsp3) is 0.467. The molecule has 0 radical (unpaired) electrons. The highest BCUT2D eigenvalue weighted by atomic mass is 32.2. The number of rotatable bonds is 3. The van der Waals surface area contributed by atoms with Crippen molar-refractivity contribution in [2.45, 2.75) is 24.1 Å². The van der Waals surface area contributed by atoms with Crippen LogP contribution in [-0.4, -0.2) is 29.0 Å². The van der Waals surface area contributed by atoms with E-state index in [0.29, 0.717) is 12.1 Å². The first kappa shape index (κ1) is 14.8. The summed E-state index contributed by atoms with van der Waals surface area (Å²) in [4.78, 5) is 2.21. The Kier molecular flexibility index (Phi) is 4.65. The minimum atomic E-state index is -0.369. The Morgan fingerprint density at radius 2 is 2.00 bits per heavy atom. The average molecular weight is 289 g/mol. The maximum Gasteiger partial charge on any atom is 0.124 e. The Balaban J connectivity index is 2.02. The van der Waals surface area contributed by atoms with Crippen molar-refractivity contribution in [2.24, 2.45) is 0 Å². The Hall–Kier alpha value is -1.56. The van der Waals surface area contributed by atoms with Crippen molar-refractivity contribution in [3.05, 3.63) is 35.1 Å². The summed E-state index contributed by atoms with van der Waals surface area (Å²) < 4.78 is 13.1. The molecule has 0 aromatic heterocycles. The predicted octanol–water partition coefficient (Wildman–Crippen LogP) is 2.92. The largest absolute Gasteiger partial charge is 0.299 e. The Morgan fingerprint density at radius 1 is 1.30 bits per heavy atom. The lowest BCUT2D eigenvalue weighted by Crippen LogP contribution is -2.41. The van der Waals surface area contributed by atoms with Gasteiger partial charge in [-0.3, -0.25) is 4.90 Å². The number of likely N-dealkylation sites (tertiary alicyclic amines) is 1. The summed E-state index contributed by atoms with van der Waals surface area (Å²) in [6.45, 7) is 2.28. The fourth-order valence-electron chi connectivity index (χ4n) is 2.50. The summed E-state index contributed by atoms with van der Waals surface area (Å²) in [5, 5.41) is 18.1. The molecule has 0 atom stereocenters. The van der Waals surface area contributed by atoms with E-state index in [9.17, 15) is 9.65 Å². The number of benzene rings is 1. The fourth-order valence-corrected chi connectivity index (χ4v) is 3.18. The quantitative estimate of drug-likeness (QED) is 0.858. The Bertz CT molecular complexity index is 565. The second-order valence-electron chi connectivity index (χ2n) is 5.05. The molecule has 1 fully saturated rings. The third-order valence-corrected chi connectivity index (χ3v) is 5.03. The lowest BCUT2D eigenvalue weighted by molar-refractivity contribution is 0.209. The molecule has 0 amide bonds. The highest BCUT2D eigenvalue weighted by molar-refractivity contribution is 8.00. The third kappa shape index (κ3) is 3.30. The van der Waals surface area contributed by atoms with Gasteiger partial charge >= 0.3 is 0 Å². The van der Waals surface area contributed by atoms with Crippen molar-refractivity contribution in [2.75, 3.05) is 19.3 Å². The molecule has 1 aliphatic heterocycles. The van der Waals surface area contributed by atoms with Gasteiger partial charge < -0.3 is 0 Å². The van der Waals surface area contributed by atoms with E-state index in [4.69, 9.17) is 5.26 Å². The van der Waals surface area contributed by atoms with Gasteiger partial charge in [-0.2, -0.15) is 10.5 Å². The highest BCUT2D eigenvalue weighted by Crippen LogP contribution is 2.34. The van der Waals surface area contributed by atoms with E-state index < -0.39 is 0 Å². The number of halogens is 1. The van der Waals surface area contributed by atoms with Gasteiger partial charge in [0, 0.05) is 19.6 Å². The van der Waals surface area contributed by atoms with Crippen molar-refractivity contribution in [3.63, 3.8) is 0 Å². The summed E-state index contributed by atoms with van der Waals surface area (Å²) in [7, 11) is 0. The zero-order valence-electron chi connectivity index (χ0n) is 11.4. The van der Waals surface area contributed by atoms with Crippen LogP contribution in [-0.2, 0) is 6.54 Å². The van der Waals surface area contributed by atoms with Crippen LogP contribution in [0.3, 0.4) is 0 Å². The summed E-state index contributed by atoms with van der Waals surface area (Å²) >= 11 is 1.62. The van der Waals surface area contributed by atoms with E-state index in [2.05, 4.69) is 11.0 Å². The van der Waals surface area contributed by atoms with Gasteiger partial charge in [0.1, 0.15) is 10.6 Å². The monoisotopic (exact) mass is 289 g/mol. The van der Waals surface area contributed by atoms with Crippen molar-refractivity contribution in [3.8, 4) is 12.1 Å². The summed E-state index contributed by atoms with van der Waals surface area (Å²) in [6, 6.07) is 8.83. The number of piperidine rings is 1. The number of nitrogens with zero attached hydrogens (tertiary/aromatic N) is 3. The van der Waals surface area contributed by atoms with Gasteiger partial charge in [0.25, 0.3) is 0 Å². The molecule has 2 rings (SSSR count). The molecule has 0 saturated carbocycles. The lowest BCUT2D eigenvalue weighted by Gasteiger charge is -2.36. The first-order valence-electron chi connectivity index (χ1n) is 6.49. The zero-order valence-corrected chi connectivity index (χ0v) is 12.2. The molecule has 104 valence electrons. The lowest BCUT2D eigenvalue weighted by atomic mass is 9.97. The molecular weight excluding hydrogens is 273 g/mol. The number of nitriles is 2. The molecule has 3 nitrogen and oxygen atoms in total. The average Bonchev–Trinajstić information content (AvgIpc) is 2.48. The van der Waals surface area contributed by atoms with Gasteiger partial charge in [0.15, 0.2) is 0 Å². The molecule has 20 heavy (non-hydrogen) atoms. The standard InChI is InChI=1S/C15H16FN3S/c1-20-15(11-18)2-4-19(5-3-15)10-13-6-12(9-17)7-14(16)8-13/h6-8H,2-5,10H2,1H3. The molecule has 0 N–H and O–H groups in total. The van der Waals surface area contributed by atoms with Crippen molar-refractivity contribution < 1.29 is 4.39 Å². The normalized spacial score (nSPS) is 18.2. The molecule has 1 aromatic rings. The minimum Gasteiger partial charge on any atom is -0.299 e. The first-order chi connectivity index (χ1) is 9.60. The van der Waals surface area contributed by atoms with Gasteiger partial charge in [-0.15, -0.1) is 11.8 Å². The maximum atomic E-state index is 13.4. The molecule has 0 bridgehead atoms.